The predicted molar refractivity (Wildman–Crippen MR) is 112 cm³/mol. The summed E-state index contributed by atoms with van der Waals surface area (Å²) in [5.74, 6) is 0.336. The van der Waals surface area contributed by atoms with Gasteiger partial charge in [-0.2, -0.15) is 0 Å². The molecule has 0 radical (unpaired) electrons. The maximum Gasteiger partial charge on any atom is 0.410 e. The van der Waals surface area contributed by atoms with Gasteiger partial charge in [-0.25, -0.2) is 9.86 Å². The Morgan fingerprint density at radius 3 is 2.27 bits per heavy atom. The van der Waals surface area contributed by atoms with Crippen molar-refractivity contribution in [2.24, 2.45) is 0 Å². The predicted octanol–water partition coefficient (Wildman–Crippen LogP) is 3.08. The summed E-state index contributed by atoms with van der Waals surface area (Å²) < 4.78 is 10.9. The highest BCUT2D eigenvalue weighted by Gasteiger charge is 2.37. The largest absolute Gasteiger partial charge is 0.496 e. The van der Waals surface area contributed by atoms with Crippen LogP contribution in [0.2, 0.25) is 0 Å². The second-order valence-corrected chi connectivity index (χ2v) is 8.66. The number of carbonyl (C=O) groups excluding carboxylic acids is 2. The number of rotatable bonds is 4. The first-order valence-corrected chi connectivity index (χ1v) is 10.2. The van der Waals surface area contributed by atoms with Crippen molar-refractivity contribution in [1.29, 1.82) is 0 Å². The zero-order valence-corrected chi connectivity index (χ0v) is 19.0. The Morgan fingerprint density at radius 1 is 1.17 bits per heavy atom. The van der Waals surface area contributed by atoms with Crippen molar-refractivity contribution in [3.8, 4) is 5.75 Å². The molecule has 168 valence electrons. The number of hydrogen-bond acceptors (Lipinski definition) is 6. The zero-order chi connectivity index (χ0) is 22.6. The second-order valence-electron chi connectivity index (χ2n) is 8.66. The molecule has 1 aromatic carbocycles. The van der Waals surface area contributed by atoms with Crippen LogP contribution in [0, 0.1) is 13.8 Å². The molecule has 8 heteroatoms. The highest BCUT2D eigenvalue weighted by Crippen LogP contribution is 2.27. The first kappa shape index (κ1) is 24.0. The number of nitrogens with zero attached hydrogens (tertiary/aromatic N) is 2. The third kappa shape index (κ3) is 5.64. The number of hydrogen-bond donors (Lipinski definition) is 1. The summed E-state index contributed by atoms with van der Waals surface area (Å²) >= 11 is 0. The van der Waals surface area contributed by atoms with E-state index in [4.69, 9.17) is 14.3 Å². The minimum absolute atomic E-state index is 0.115. The topological polar surface area (TPSA) is 88.5 Å². The van der Waals surface area contributed by atoms with Crippen molar-refractivity contribution in [3.63, 3.8) is 0 Å². The Balaban J connectivity index is 2.30. The first-order valence-electron chi connectivity index (χ1n) is 10.2. The highest BCUT2D eigenvalue weighted by atomic mass is 16.7. The van der Waals surface area contributed by atoms with Gasteiger partial charge in [-0.3, -0.25) is 9.63 Å². The Hall–Kier alpha value is -2.32. The second kappa shape index (κ2) is 9.66. The molecular weight excluding hydrogens is 388 g/mol. The van der Waals surface area contributed by atoms with Gasteiger partial charge in [-0.05, 0) is 70.7 Å². The molecule has 1 saturated heterocycles. The van der Waals surface area contributed by atoms with E-state index >= 15 is 0 Å². The van der Waals surface area contributed by atoms with Crippen molar-refractivity contribution < 1.29 is 29.0 Å². The lowest BCUT2D eigenvalue weighted by Gasteiger charge is -2.34. The van der Waals surface area contributed by atoms with Crippen LogP contribution in [0.1, 0.15) is 55.1 Å². The Morgan fingerprint density at radius 2 is 1.77 bits per heavy atom. The van der Waals surface area contributed by atoms with E-state index in [-0.39, 0.29) is 12.5 Å². The van der Waals surface area contributed by atoms with Gasteiger partial charge in [0.2, 0.25) is 0 Å². The van der Waals surface area contributed by atoms with E-state index in [1.807, 2.05) is 13.8 Å². The number of likely N-dealkylation sites (tertiary alicyclic amines) is 1. The van der Waals surface area contributed by atoms with Gasteiger partial charge in [-0.15, -0.1) is 0 Å². The molecule has 2 atom stereocenters. The lowest BCUT2D eigenvalue weighted by atomic mass is 10.0. The van der Waals surface area contributed by atoms with Gasteiger partial charge in [0, 0.05) is 18.7 Å². The van der Waals surface area contributed by atoms with Gasteiger partial charge in [0.15, 0.2) is 0 Å². The number of carbonyl (C=O) groups is 2. The normalized spacial score (nSPS) is 19.8. The molecule has 0 aromatic heterocycles. The molecule has 2 amide bonds. The number of methoxy groups -OCH3 is 1. The van der Waals surface area contributed by atoms with Crippen LogP contribution in [0.25, 0.3) is 0 Å². The minimum atomic E-state index is -0.832. The zero-order valence-electron chi connectivity index (χ0n) is 19.0. The van der Waals surface area contributed by atoms with Gasteiger partial charge in [-0.1, -0.05) is 0 Å². The van der Waals surface area contributed by atoms with Crippen LogP contribution in [0.3, 0.4) is 0 Å². The van der Waals surface area contributed by atoms with Gasteiger partial charge >= 0.3 is 6.09 Å². The SMILES string of the molecule is COc1c(C)cc(C(=O)N(OC)[C@@H]2CN(C(=O)OC(C)(C)C)CCC[C@H]2O)cc1C. The van der Waals surface area contributed by atoms with Gasteiger partial charge in [0.05, 0.1) is 20.3 Å². The van der Waals surface area contributed by atoms with E-state index in [2.05, 4.69) is 0 Å². The standard InChI is InChI=1S/C22H34N2O6/c1-14-11-16(12-15(2)19(14)28-6)20(26)24(29-7)17-13-23(10-8-9-18(17)25)21(27)30-22(3,4)5/h11-12,17-18,25H,8-10,13H2,1-7H3/t17-,18-/m1/s1. The molecule has 1 N–H and O–H groups in total. The molecule has 1 aromatic rings. The van der Waals surface area contributed by atoms with E-state index in [0.29, 0.717) is 24.9 Å². The Bertz CT molecular complexity index is 750. The third-order valence-corrected chi connectivity index (χ3v) is 5.04. The molecule has 0 saturated carbocycles. The van der Waals surface area contributed by atoms with Crippen LogP contribution >= 0.6 is 0 Å². The van der Waals surface area contributed by atoms with Gasteiger partial charge < -0.3 is 19.5 Å². The lowest BCUT2D eigenvalue weighted by Crippen LogP contribution is -2.52. The van der Waals surface area contributed by atoms with E-state index in [0.717, 1.165) is 21.9 Å². The molecule has 0 spiro atoms. The molecule has 1 aliphatic rings. The van der Waals surface area contributed by atoms with Crippen molar-refractivity contribution in [3.05, 3.63) is 28.8 Å². The van der Waals surface area contributed by atoms with Crippen LogP contribution in [0.4, 0.5) is 4.79 Å². The maximum absolute atomic E-state index is 13.3. The van der Waals surface area contributed by atoms with Crippen LogP contribution < -0.4 is 4.74 Å². The number of benzene rings is 1. The van der Waals surface area contributed by atoms with E-state index in [1.165, 1.54) is 12.0 Å². The molecule has 0 aliphatic carbocycles. The molecular formula is C22H34N2O6. The number of aliphatic hydroxyl groups is 1. The third-order valence-electron chi connectivity index (χ3n) is 5.04. The average molecular weight is 423 g/mol. The highest BCUT2D eigenvalue weighted by molar-refractivity contribution is 5.94. The fraction of sp³-hybridized carbons (Fsp3) is 0.636. The Labute approximate surface area is 178 Å². The summed E-state index contributed by atoms with van der Waals surface area (Å²) in [6, 6.07) is 2.74. The van der Waals surface area contributed by atoms with Crippen LogP contribution in [0.15, 0.2) is 12.1 Å². The first-order chi connectivity index (χ1) is 14.0. The molecule has 1 heterocycles. The van der Waals surface area contributed by atoms with E-state index in [9.17, 15) is 14.7 Å². The van der Waals surface area contributed by atoms with Crippen molar-refractivity contribution >= 4 is 12.0 Å². The molecule has 30 heavy (non-hydrogen) atoms. The fourth-order valence-electron chi connectivity index (χ4n) is 3.74. The van der Waals surface area contributed by atoms with Crippen molar-refractivity contribution in [1.82, 2.24) is 9.96 Å². The van der Waals surface area contributed by atoms with E-state index < -0.39 is 23.8 Å². The molecule has 0 bridgehead atoms. The number of aryl methyl sites for hydroxylation is 2. The number of aliphatic hydroxyl groups excluding tert-OH is 1. The number of hydroxylamine groups is 2. The van der Waals surface area contributed by atoms with Crippen molar-refractivity contribution in [2.45, 2.75) is 65.2 Å². The summed E-state index contributed by atoms with van der Waals surface area (Å²) in [7, 11) is 2.97. The molecule has 8 nitrogen and oxygen atoms in total. The van der Waals surface area contributed by atoms with Crippen molar-refractivity contribution in [2.75, 3.05) is 27.3 Å². The molecule has 1 aliphatic heterocycles. The average Bonchev–Trinajstić information content (AvgIpc) is 2.83. The summed E-state index contributed by atoms with van der Waals surface area (Å²) in [4.78, 5) is 32.8. The Kier molecular flexibility index (Phi) is 7.71. The monoisotopic (exact) mass is 422 g/mol. The quantitative estimate of drug-likeness (QED) is 0.750. The summed E-state index contributed by atoms with van der Waals surface area (Å²) in [5, 5.41) is 11.9. The summed E-state index contributed by atoms with van der Waals surface area (Å²) in [6.45, 7) is 9.69. The van der Waals surface area contributed by atoms with Gasteiger partial charge in [0.25, 0.3) is 5.91 Å². The summed E-state index contributed by atoms with van der Waals surface area (Å²) in [6.07, 6.45) is -0.260. The molecule has 0 unspecified atom stereocenters. The van der Waals surface area contributed by atoms with Crippen LogP contribution in [-0.4, -0.2) is 72.1 Å². The molecule has 1 fully saturated rings. The number of ether oxygens (including phenoxy) is 2. The maximum atomic E-state index is 13.3. The van der Waals surface area contributed by atoms with Gasteiger partial charge in [0.1, 0.15) is 17.4 Å². The minimum Gasteiger partial charge on any atom is -0.496 e. The molecule has 2 rings (SSSR count). The number of amides is 2. The van der Waals surface area contributed by atoms with Crippen LogP contribution in [0.5, 0.6) is 5.75 Å². The summed E-state index contributed by atoms with van der Waals surface area (Å²) in [5.41, 5.74) is 1.45. The fourth-order valence-corrected chi connectivity index (χ4v) is 3.74. The van der Waals surface area contributed by atoms with E-state index in [1.54, 1.807) is 40.0 Å². The lowest BCUT2D eigenvalue weighted by molar-refractivity contribution is -0.149. The van der Waals surface area contributed by atoms with Crippen LogP contribution in [-0.2, 0) is 9.57 Å². The smallest absolute Gasteiger partial charge is 0.410 e.